The minimum atomic E-state index is -3.17. The summed E-state index contributed by atoms with van der Waals surface area (Å²) in [5.41, 5.74) is 0.890. The third-order valence-electron chi connectivity index (χ3n) is 3.45. The largest absolute Gasteiger partial charge is 0.351 e. The Balaban J connectivity index is 0.00000220. The molecule has 1 heterocycles. The van der Waals surface area contributed by atoms with Crippen LogP contribution in [-0.4, -0.2) is 33.2 Å². The lowest BCUT2D eigenvalue weighted by molar-refractivity contribution is -0.123. The Morgan fingerprint density at radius 1 is 1.29 bits per heavy atom. The van der Waals surface area contributed by atoms with E-state index < -0.39 is 9.84 Å². The number of hydrogen-bond acceptors (Lipinski definition) is 4. The van der Waals surface area contributed by atoms with E-state index in [1.807, 2.05) is 0 Å². The van der Waals surface area contributed by atoms with Crippen LogP contribution in [0.4, 0.5) is 0 Å². The van der Waals surface area contributed by atoms with Crippen molar-refractivity contribution < 1.29 is 13.2 Å². The van der Waals surface area contributed by atoms with Gasteiger partial charge in [0.25, 0.3) is 0 Å². The van der Waals surface area contributed by atoms with E-state index in [1.165, 1.54) is 6.26 Å². The molecule has 1 amide bonds. The van der Waals surface area contributed by atoms with Gasteiger partial charge in [-0.2, -0.15) is 0 Å². The van der Waals surface area contributed by atoms with Crippen molar-refractivity contribution >= 4 is 28.2 Å². The molecular formula is C14H21ClN2O3S. The second-order valence-corrected chi connectivity index (χ2v) is 7.15. The second-order valence-electron chi connectivity index (χ2n) is 5.14. The minimum absolute atomic E-state index is 0. The first kappa shape index (κ1) is 17.9. The van der Waals surface area contributed by atoms with E-state index in [0.29, 0.717) is 11.4 Å². The van der Waals surface area contributed by atoms with E-state index in [2.05, 4.69) is 10.6 Å². The Morgan fingerprint density at radius 3 is 2.48 bits per heavy atom. The standard InChI is InChI=1S/C14H20N2O3S.ClH/c1-20(18,19)12-7-5-11(6-8-12)10-16-14(17)13-4-2-3-9-15-13;/h5-8,13,15H,2-4,9-10H2,1H3,(H,16,17);1H. The highest BCUT2D eigenvalue weighted by atomic mass is 35.5. The van der Waals surface area contributed by atoms with Gasteiger partial charge in [0.15, 0.2) is 9.84 Å². The monoisotopic (exact) mass is 332 g/mol. The molecule has 0 aromatic heterocycles. The van der Waals surface area contributed by atoms with Crippen molar-refractivity contribution in [3.8, 4) is 0 Å². The quantitative estimate of drug-likeness (QED) is 0.870. The van der Waals surface area contributed by atoms with E-state index in [-0.39, 0.29) is 24.4 Å². The van der Waals surface area contributed by atoms with Gasteiger partial charge in [0.1, 0.15) is 0 Å². The van der Waals surface area contributed by atoms with Crippen LogP contribution in [0.1, 0.15) is 24.8 Å². The van der Waals surface area contributed by atoms with Gasteiger partial charge in [-0.25, -0.2) is 8.42 Å². The summed E-state index contributed by atoms with van der Waals surface area (Å²) in [6.45, 7) is 1.31. The molecule has 0 saturated carbocycles. The highest BCUT2D eigenvalue weighted by Crippen LogP contribution is 2.11. The molecule has 1 saturated heterocycles. The molecular weight excluding hydrogens is 312 g/mol. The number of sulfone groups is 1. The number of halogens is 1. The van der Waals surface area contributed by atoms with E-state index in [9.17, 15) is 13.2 Å². The van der Waals surface area contributed by atoms with E-state index in [0.717, 1.165) is 31.4 Å². The normalized spacial score (nSPS) is 18.6. The predicted molar refractivity (Wildman–Crippen MR) is 84.3 cm³/mol. The summed E-state index contributed by atoms with van der Waals surface area (Å²) in [5.74, 6) is 0.0110. The van der Waals surface area contributed by atoms with Gasteiger partial charge in [-0.1, -0.05) is 18.6 Å². The van der Waals surface area contributed by atoms with Crippen molar-refractivity contribution in [2.75, 3.05) is 12.8 Å². The molecule has 1 aliphatic rings. The maximum absolute atomic E-state index is 11.9. The predicted octanol–water partition coefficient (Wildman–Crippen LogP) is 1.27. The second kappa shape index (κ2) is 7.77. The molecule has 7 heteroatoms. The summed E-state index contributed by atoms with van der Waals surface area (Å²) in [4.78, 5) is 12.2. The lowest BCUT2D eigenvalue weighted by atomic mass is 10.0. The molecule has 2 rings (SSSR count). The SMILES string of the molecule is CS(=O)(=O)c1ccc(CNC(=O)C2CCCCN2)cc1.Cl. The van der Waals surface area contributed by atoms with Crippen molar-refractivity contribution in [2.45, 2.75) is 36.7 Å². The average Bonchev–Trinajstić information content (AvgIpc) is 2.45. The van der Waals surface area contributed by atoms with Crippen LogP contribution < -0.4 is 10.6 Å². The molecule has 0 spiro atoms. The van der Waals surface area contributed by atoms with Gasteiger partial charge in [-0.3, -0.25) is 4.79 Å². The lowest BCUT2D eigenvalue weighted by Gasteiger charge is -2.22. The third-order valence-corrected chi connectivity index (χ3v) is 4.57. The fourth-order valence-electron chi connectivity index (χ4n) is 2.24. The Morgan fingerprint density at radius 2 is 1.95 bits per heavy atom. The molecule has 118 valence electrons. The topological polar surface area (TPSA) is 75.3 Å². The van der Waals surface area contributed by atoms with Crippen molar-refractivity contribution in [3.05, 3.63) is 29.8 Å². The molecule has 1 fully saturated rings. The molecule has 5 nitrogen and oxygen atoms in total. The van der Waals surface area contributed by atoms with Crippen LogP contribution in [0.2, 0.25) is 0 Å². The van der Waals surface area contributed by atoms with Gasteiger partial charge in [-0.05, 0) is 37.1 Å². The van der Waals surface area contributed by atoms with E-state index in [1.54, 1.807) is 24.3 Å². The van der Waals surface area contributed by atoms with Gasteiger partial charge in [0, 0.05) is 12.8 Å². The fourth-order valence-corrected chi connectivity index (χ4v) is 2.87. The van der Waals surface area contributed by atoms with Crippen molar-refractivity contribution in [2.24, 2.45) is 0 Å². The number of nitrogens with one attached hydrogen (secondary N) is 2. The van der Waals surface area contributed by atoms with Gasteiger partial charge >= 0.3 is 0 Å². The summed E-state index contributed by atoms with van der Waals surface area (Å²) >= 11 is 0. The summed E-state index contributed by atoms with van der Waals surface area (Å²) in [6.07, 6.45) is 4.25. The molecule has 1 atom stereocenters. The highest BCUT2D eigenvalue weighted by molar-refractivity contribution is 7.90. The fraction of sp³-hybridized carbons (Fsp3) is 0.500. The first-order valence-corrected chi connectivity index (χ1v) is 8.66. The number of piperidine rings is 1. The number of hydrogen-bond donors (Lipinski definition) is 2. The molecule has 0 aliphatic carbocycles. The lowest BCUT2D eigenvalue weighted by Crippen LogP contribution is -2.46. The number of carbonyl (C=O) groups is 1. The van der Waals surface area contributed by atoms with Crippen LogP contribution in [0.5, 0.6) is 0 Å². The van der Waals surface area contributed by atoms with Crippen molar-refractivity contribution in [1.29, 1.82) is 0 Å². The van der Waals surface area contributed by atoms with Gasteiger partial charge in [-0.15, -0.1) is 12.4 Å². The zero-order valence-electron chi connectivity index (χ0n) is 12.0. The third kappa shape index (κ3) is 5.30. The van der Waals surface area contributed by atoms with Crippen molar-refractivity contribution in [1.82, 2.24) is 10.6 Å². The van der Waals surface area contributed by atoms with Crippen LogP contribution in [-0.2, 0) is 21.2 Å². The first-order chi connectivity index (χ1) is 9.47. The number of benzene rings is 1. The average molecular weight is 333 g/mol. The molecule has 21 heavy (non-hydrogen) atoms. The smallest absolute Gasteiger partial charge is 0.237 e. The zero-order chi connectivity index (χ0) is 14.6. The maximum Gasteiger partial charge on any atom is 0.237 e. The Bertz CT molecular complexity index is 566. The molecule has 1 aromatic rings. The van der Waals surface area contributed by atoms with Crippen LogP contribution in [0.15, 0.2) is 29.2 Å². The molecule has 0 radical (unpaired) electrons. The summed E-state index contributed by atoms with van der Waals surface area (Å²) in [5, 5.41) is 6.07. The molecule has 1 aromatic carbocycles. The first-order valence-electron chi connectivity index (χ1n) is 6.77. The number of amides is 1. The highest BCUT2D eigenvalue weighted by Gasteiger charge is 2.19. The van der Waals surface area contributed by atoms with Crippen molar-refractivity contribution in [3.63, 3.8) is 0 Å². The molecule has 0 bridgehead atoms. The van der Waals surface area contributed by atoms with Crippen LogP contribution >= 0.6 is 12.4 Å². The number of rotatable bonds is 4. The van der Waals surface area contributed by atoms with E-state index in [4.69, 9.17) is 0 Å². The van der Waals surface area contributed by atoms with Crippen LogP contribution in [0.25, 0.3) is 0 Å². The summed E-state index contributed by atoms with van der Waals surface area (Å²) in [7, 11) is -3.17. The molecule has 2 N–H and O–H groups in total. The molecule has 1 aliphatic heterocycles. The zero-order valence-corrected chi connectivity index (χ0v) is 13.6. The number of carbonyl (C=O) groups excluding carboxylic acids is 1. The Kier molecular flexibility index (Phi) is 6.64. The molecule has 1 unspecified atom stereocenters. The Labute approximate surface area is 131 Å². The van der Waals surface area contributed by atoms with Crippen LogP contribution in [0.3, 0.4) is 0 Å². The van der Waals surface area contributed by atoms with E-state index >= 15 is 0 Å². The minimum Gasteiger partial charge on any atom is -0.351 e. The van der Waals surface area contributed by atoms with Gasteiger partial charge in [0.2, 0.25) is 5.91 Å². The van der Waals surface area contributed by atoms with Gasteiger partial charge in [0.05, 0.1) is 10.9 Å². The maximum atomic E-state index is 11.9. The summed E-state index contributed by atoms with van der Waals surface area (Å²) in [6, 6.07) is 6.49. The van der Waals surface area contributed by atoms with Gasteiger partial charge < -0.3 is 10.6 Å². The Hall–Kier alpha value is -1.11. The summed E-state index contributed by atoms with van der Waals surface area (Å²) < 4.78 is 22.7. The van der Waals surface area contributed by atoms with Crippen LogP contribution in [0, 0.1) is 0 Å².